The Balaban J connectivity index is 1.45. The van der Waals surface area contributed by atoms with E-state index in [2.05, 4.69) is 10.4 Å². The Kier molecular flexibility index (Phi) is 5.08. The maximum Gasteiger partial charge on any atom is 0.230 e. The second-order valence-corrected chi connectivity index (χ2v) is 10.8. The summed E-state index contributed by atoms with van der Waals surface area (Å²) in [7, 11) is -3.29. The van der Waals surface area contributed by atoms with Gasteiger partial charge in [0, 0.05) is 24.2 Å². The quantitative estimate of drug-likeness (QED) is 0.640. The van der Waals surface area contributed by atoms with Crippen molar-refractivity contribution in [2.75, 3.05) is 16.8 Å². The Morgan fingerprint density at radius 3 is 2.64 bits per heavy atom. The normalized spacial score (nSPS) is 19.0. The summed E-state index contributed by atoms with van der Waals surface area (Å²) < 4.78 is 26.0. The third-order valence-electron chi connectivity index (χ3n) is 6.18. The van der Waals surface area contributed by atoms with Crippen molar-refractivity contribution in [1.82, 2.24) is 9.78 Å². The van der Waals surface area contributed by atoms with Gasteiger partial charge in [-0.15, -0.1) is 0 Å². The largest absolute Gasteiger partial charge is 0.311 e. The van der Waals surface area contributed by atoms with Gasteiger partial charge in [-0.25, -0.2) is 13.1 Å². The van der Waals surface area contributed by atoms with Gasteiger partial charge in [0.05, 0.1) is 28.8 Å². The number of anilines is 2. The Labute approximate surface area is 192 Å². The highest BCUT2D eigenvalue weighted by atomic mass is 32.2. The number of carbonyl (C=O) groups excluding carboxylic acids is 2. The maximum absolute atomic E-state index is 13.3. The summed E-state index contributed by atoms with van der Waals surface area (Å²) in [6.07, 6.45) is 0.0965. The van der Waals surface area contributed by atoms with Crippen LogP contribution in [0.2, 0.25) is 0 Å². The highest BCUT2D eigenvalue weighted by Gasteiger charge is 2.38. The number of hydrogen-bond acceptors (Lipinski definition) is 5. The molecule has 1 saturated heterocycles. The molecule has 1 fully saturated rings. The van der Waals surface area contributed by atoms with Crippen LogP contribution in [0.4, 0.5) is 11.5 Å². The fourth-order valence-corrected chi connectivity index (χ4v) is 6.01. The lowest BCUT2D eigenvalue weighted by atomic mass is 10.1. The van der Waals surface area contributed by atoms with Gasteiger partial charge in [-0.3, -0.25) is 9.59 Å². The number of benzene rings is 2. The van der Waals surface area contributed by atoms with Crippen molar-refractivity contribution in [2.45, 2.75) is 31.8 Å². The number of nitrogens with one attached hydrogen (secondary N) is 1. The van der Waals surface area contributed by atoms with E-state index in [9.17, 15) is 18.0 Å². The molecule has 0 radical (unpaired) electrons. The molecule has 2 aliphatic rings. The minimum atomic E-state index is -3.29. The lowest BCUT2D eigenvalue weighted by Crippen LogP contribution is -2.29. The number of sulfone groups is 1. The minimum absolute atomic E-state index is 0.0965. The van der Waals surface area contributed by atoms with Crippen LogP contribution >= 0.6 is 0 Å². The third-order valence-corrected chi connectivity index (χ3v) is 7.62. The van der Waals surface area contributed by atoms with Gasteiger partial charge in [-0.05, 0) is 43.2 Å². The lowest BCUT2D eigenvalue weighted by Gasteiger charge is -2.19. The van der Waals surface area contributed by atoms with Crippen molar-refractivity contribution in [3.05, 3.63) is 70.9 Å². The number of nitrogens with zero attached hydrogens (tertiary/aromatic N) is 3. The van der Waals surface area contributed by atoms with Crippen molar-refractivity contribution >= 4 is 33.2 Å². The molecule has 33 heavy (non-hydrogen) atoms. The zero-order valence-electron chi connectivity index (χ0n) is 18.4. The van der Waals surface area contributed by atoms with Crippen LogP contribution in [0.15, 0.2) is 48.5 Å². The average molecular weight is 465 g/mol. The summed E-state index contributed by atoms with van der Waals surface area (Å²) >= 11 is 0. The van der Waals surface area contributed by atoms with Crippen LogP contribution < -0.4 is 10.2 Å². The van der Waals surface area contributed by atoms with Crippen LogP contribution in [-0.2, 0) is 30.9 Å². The van der Waals surface area contributed by atoms with Gasteiger partial charge >= 0.3 is 0 Å². The Morgan fingerprint density at radius 2 is 1.88 bits per heavy atom. The van der Waals surface area contributed by atoms with Crippen molar-refractivity contribution < 1.29 is 18.0 Å². The van der Waals surface area contributed by atoms with Gasteiger partial charge in [-0.1, -0.05) is 30.3 Å². The Bertz CT molecular complexity index is 1390. The van der Waals surface area contributed by atoms with E-state index in [0.717, 1.165) is 22.5 Å². The highest BCUT2D eigenvalue weighted by molar-refractivity contribution is 7.90. The SMILES string of the molecule is Cc1cccc(-n2nc3c(c2NC(=O)C2CC(=O)N(c4ccccc4C)C2)CS(=O)(=O)C3)c1. The number of fused-ring (bicyclic) bond motifs is 1. The molecule has 1 N–H and O–H groups in total. The first-order valence-corrected chi connectivity index (χ1v) is 12.6. The number of aromatic nitrogens is 2. The summed E-state index contributed by atoms with van der Waals surface area (Å²) in [5, 5.41) is 7.43. The highest BCUT2D eigenvalue weighted by Crippen LogP contribution is 2.34. The summed E-state index contributed by atoms with van der Waals surface area (Å²) in [6.45, 7) is 4.16. The Morgan fingerprint density at radius 1 is 1.09 bits per heavy atom. The predicted molar refractivity (Wildman–Crippen MR) is 125 cm³/mol. The van der Waals surface area contributed by atoms with E-state index in [-0.39, 0.29) is 36.3 Å². The first-order valence-electron chi connectivity index (χ1n) is 10.8. The summed E-state index contributed by atoms with van der Waals surface area (Å²) in [4.78, 5) is 27.6. The number of aryl methyl sites for hydroxylation is 2. The molecule has 3 heterocycles. The first-order chi connectivity index (χ1) is 15.7. The van der Waals surface area contributed by atoms with E-state index >= 15 is 0 Å². The molecular weight excluding hydrogens is 440 g/mol. The van der Waals surface area contributed by atoms with Crippen LogP contribution in [0, 0.1) is 19.8 Å². The van der Waals surface area contributed by atoms with Crippen molar-refractivity contribution in [2.24, 2.45) is 5.92 Å². The zero-order chi connectivity index (χ0) is 23.3. The molecule has 1 aromatic heterocycles. The molecule has 9 heteroatoms. The monoisotopic (exact) mass is 464 g/mol. The molecule has 170 valence electrons. The minimum Gasteiger partial charge on any atom is -0.311 e. The van der Waals surface area contributed by atoms with Crippen molar-refractivity contribution in [3.63, 3.8) is 0 Å². The molecule has 0 aliphatic carbocycles. The molecular formula is C24H24N4O4S. The van der Waals surface area contributed by atoms with E-state index in [1.54, 1.807) is 9.58 Å². The Hall–Kier alpha value is -3.46. The number of amides is 2. The standard InChI is InChI=1S/C24H24N4O4S/c1-15-6-5-8-18(10-15)28-23(19-13-33(31,32)14-20(19)26-28)25-24(30)17-11-22(29)27(12-17)21-9-4-3-7-16(21)2/h3-10,17H,11-14H2,1-2H3,(H,25,30). The fraction of sp³-hybridized carbons (Fsp3) is 0.292. The molecule has 2 aliphatic heterocycles. The zero-order valence-corrected chi connectivity index (χ0v) is 19.2. The molecule has 5 rings (SSSR count). The molecule has 1 atom stereocenters. The number of para-hydroxylation sites is 1. The molecule has 3 aromatic rings. The fourth-order valence-electron chi connectivity index (χ4n) is 4.52. The van der Waals surface area contributed by atoms with Crippen LogP contribution in [0.5, 0.6) is 0 Å². The molecule has 2 aromatic carbocycles. The van der Waals surface area contributed by atoms with Gasteiger partial charge in [0.15, 0.2) is 9.84 Å². The maximum atomic E-state index is 13.3. The van der Waals surface area contributed by atoms with Gasteiger partial charge in [0.25, 0.3) is 0 Å². The second kappa shape index (κ2) is 7.84. The summed E-state index contributed by atoms with van der Waals surface area (Å²) in [5.74, 6) is -0.921. The van der Waals surface area contributed by atoms with Crippen molar-refractivity contribution in [1.29, 1.82) is 0 Å². The van der Waals surface area contributed by atoms with Crippen LogP contribution in [0.3, 0.4) is 0 Å². The van der Waals surface area contributed by atoms with Gasteiger partial charge in [-0.2, -0.15) is 5.10 Å². The topological polar surface area (TPSA) is 101 Å². The van der Waals surface area contributed by atoms with E-state index in [4.69, 9.17) is 0 Å². The first kappa shape index (κ1) is 21.4. The predicted octanol–water partition coefficient (Wildman–Crippen LogP) is 2.91. The van der Waals surface area contributed by atoms with Gasteiger partial charge in [0.1, 0.15) is 5.82 Å². The summed E-state index contributed by atoms with van der Waals surface area (Å²) in [6, 6.07) is 15.2. The molecule has 0 saturated carbocycles. The summed E-state index contributed by atoms with van der Waals surface area (Å²) in [5.41, 5.74) is 4.49. The van der Waals surface area contributed by atoms with E-state index < -0.39 is 15.8 Å². The average Bonchev–Trinajstić information content (AvgIpc) is 3.39. The van der Waals surface area contributed by atoms with Crippen molar-refractivity contribution in [3.8, 4) is 5.69 Å². The van der Waals surface area contributed by atoms with Gasteiger partial charge in [0.2, 0.25) is 11.8 Å². The molecule has 2 amide bonds. The number of carbonyl (C=O) groups is 2. The van der Waals surface area contributed by atoms with Crippen LogP contribution in [0.25, 0.3) is 5.69 Å². The van der Waals surface area contributed by atoms with Gasteiger partial charge < -0.3 is 10.2 Å². The lowest BCUT2D eigenvalue weighted by molar-refractivity contribution is -0.122. The van der Waals surface area contributed by atoms with Crippen LogP contribution in [0.1, 0.15) is 28.8 Å². The molecule has 1 unspecified atom stereocenters. The molecule has 8 nitrogen and oxygen atoms in total. The van der Waals surface area contributed by atoms with E-state index in [1.165, 1.54) is 0 Å². The molecule has 0 spiro atoms. The smallest absolute Gasteiger partial charge is 0.230 e. The van der Waals surface area contributed by atoms with E-state index in [0.29, 0.717) is 17.1 Å². The van der Waals surface area contributed by atoms with E-state index in [1.807, 2.05) is 62.4 Å². The second-order valence-electron chi connectivity index (χ2n) is 8.74. The molecule has 0 bridgehead atoms. The third kappa shape index (κ3) is 3.93. The van der Waals surface area contributed by atoms with Crippen LogP contribution in [-0.4, -0.2) is 36.6 Å². The number of rotatable bonds is 4. The number of hydrogen-bond donors (Lipinski definition) is 1.